The van der Waals surface area contributed by atoms with Gasteiger partial charge in [-0.3, -0.25) is 13.9 Å². The van der Waals surface area contributed by atoms with Gasteiger partial charge in [0.05, 0.1) is 30.8 Å². The first-order valence-corrected chi connectivity index (χ1v) is 10.6. The van der Waals surface area contributed by atoms with Crippen LogP contribution in [0.1, 0.15) is 30.7 Å². The predicted molar refractivity (Wildman–Crippen MR) is 117 cm³/mol. The van der Waals surface area contributed by atoms with E-state index in [2.05, 4.69) is 16.8 Å². The van der Waals surface area contributed by atoms with E-state index in [9.17, 15) is 19.1 Å². The molecule has 1 fully saturated rings. The summed E-state index contributed by atoms with van der Waals surface area (Å²) >= 11 is 5.79. The Labute approximate surface area is 187 Å². The second-order valence-electron chi connectivity index (χ2n) is 7.63. The molecule has 32 heavy (non-hydrogen) atoms. The van der Waals surface area contributed by atoms with Gasteiger partial charge in [0.15, 0.2) is 17.0 Å². The molecule has 0 bridgehead atoms. The molecule has 1 N–H and O–H groups in total. The molecule has 1 aliphatic carbocycles. The Bertz CT molecular complexity index is 1340. The maximum Gasteiger partial charge on any atom is 0.332 e. The van der Waals surface area contributed by atoms with E-state index < -0.39 is 17.1 Å². The average molecular weight is 461 g/mol. The quantitative estimate of drug-likeness (QED) is 0.565. The fourth-order valence-electron chi connectivity index (χ4n) is 3.55. The Morgan fingerprint density at radius 3 is 2.75 bits per heavy atom. The molecule has 8 nitrogen and oxygen atoms in total. The molecule has 0 aliphatic heterocycles. The van der Waals surface area contributed by atoms with Crippen molar-refractivity contribution < 1.29 is 14.2 Å². The van der Waals surface area contributed by atoms with Gasteiger partial charge in [0.1, 0.15) is 12.4 Å². The normalized spacial score (nSPS) is 13.8. The summed E-state index contributed by atoms with van der Waals surface area (Å²) in [4.78, 5) is 30.1. The molecule has 168 valence electrons. The molecule has 1 aromatic carbocycles. The van der Waals surface area contributed by atoms with Gasteiger partial charge in [0.25, 0.3) is 5.56 Å². The van der Waals surface area contributed by atoms with Crippen LogP contribution in [-0.2, 0) is 24.9 Å². The minimum Gasteiger partial charge on any atom is -0.395 e. The fourth-order valence-corrected chi connectivity index (χ4v) is 3.67. The molecule has 0 atom stereocenters. The molecule has 4 rings (SSSR count). The second kappa shape index (κ2) is 9.28. The van der Waals surface area contributed by atoms with Crippen molar-refractivity contribution in [1.82, 2.24) is 18.7 Å². The van der Waals surface area contributed by atoms with E-state index in [-0.39, 0.29) is 54.4 Å². The smallest absolute Gasteiger partial charge is 0.332 e. The summed E-state index contributed by atoms with van der Waals surface area (Å²) in [5, 5.41) is 9.28. The summed E-state index contributed by atoms with van der Waals surface area (Å²) in [6.45, 7) is -0.220. The first kappa shape index (κ1) is 22.3. The SMILES string of the molecule is Cn1c(=O)n(CCO)c(=O)c2c1nc(C#CCOC1CCC1)n2Cc1ccc(Cl)c(F)c1. The van der Waals surface area contributed by atoms with Crippen LogP contribution in [0.15, 0.2) is 27.8 Å². The lowest BCUT2D eigenvalue weighted by molar-refractivity contribution is 0.0217. The molecule has 10 heteroatoms. The zero-order valence-electron chi connectivity index (χ0n) is 17.5. The highest BCUT2D eigenvalue weighted by Gasteiger charge is 2.20. The van der Waals surface area contributed by atoms with Crippen LogP contribution in [0, 0.1) is 17.7 Å². The van der Waals surface area contributed by atoms with Gasteiger partial charge in [-0.15, -0.1) is 0 Å². The zero-order chi connectivity index (χ0) is 22.8. The van der Waals surface area contributed by atoms with Gasteiger partial charge < -0.3 is 14.4 Å². The Hall–Kier alpha value is -2.93. The number of halogens is 2. The second-order valence-corrected chi connectivity index (χ2v) is 8.04. The van der Waals surface area contributed by atoms with Crippen molar-refractivity contribution in [2.75, 3.05) is 13.2 Å². The predicted octanol–water partition coefficient (Wildman–Crippen LogP) is 1.65. The number of nitrogens with zero attached hydrogens (tertiary/aromatic N) is 4. The number of fused-ring (bicyclic) bond motifs is 1. The van der Waals surface area contributed by atoms with Gasteiger partial charge in [0, 0.05) is 7.05 Å². The molecule has 0 radical (unpaired) electrons. The van der Waals surface area contributed by atoms with Gasteiger partial charge >= 0.3 is 5.69 Å². The van der Waals surface area contributed by atoms with Crippen LogP contribution in [0.25, 0.3) is 11.2 Å². The number of hydrogen-bond donors (Lipinski definition) is 1. The third-order valence-electron chi connectivity index (χ3n) is 5.52. The molecule has 0 unspecified atom stereocenters. The molecular weight excluding hydrogens is 439 g/mol. The van der Waals surface area contributed by atoms with E-state index >= 15 is 0 Å². The van der Waals surface area contributed by atoms with E-state index in [1.165, 1.54) is 23.7 Å². The molecule has 0 saturated heterocycles. The molecular formula is C22H22ClFN4O4. The maximum atomic E-state index is 14.0. The van der Waals surface area contributed by atoms with E-state index in [0.717, 1.165) is 23.8 Å². The van der Waals surface area contributed by atoms with Crippen molar-refractivity contribution in [2.24, 2.45) is 7.05 Å². The minimum atomic E-state index is -0.599. The van der Waals surface area contributed by atoms with E-state index in [1.807, 2.05) is 0 Å². The van der Waals surface area contributed by atoms with Crippen LogP contribution >= 0.6 is 11.6 Å². The van der Waals surface area contributed by atoms with E-state index in [1.54, 1.807) is 10.6 Å². The molecule has 1 saturated carbocycles. The third-order valence-corrected chi connectivity index (χ3v) is 5.83. The van der Waals surface area contributed by atoms with Crippen molar-refractivity contribution in [3.05, 3.63) is 61.3 Å². The van der Waals surface area contributed by atoms with Crippen molar-refractivity contribution in [3.63, 3.8) is 0 Å². The van der Waals surface area contributed by atoms with Gasteiger partial charge in [-0.2, -0.15) is 0 Å². The Kier molecular flexibility index (Phi) is 6.46. The Morgan fingerprint density at radius 2 is 2.09 bits per heavy atom. The number of aromatic nitrogens is 4. The van der Waals surface area contributed by atoms with Crippen molar-refractivity contribution in [1.29, 1.82) is 0 Å². The van der Waals surface area contributed by atoms with Crippen LogP contribution in [0.2, 0.25) is 5.02 Å². The van der Waals surface area contributed by atoms with Crippen molar-refractivity contribution >= 4 is 22.8 Å². The summed E-state index contributed by atoms with van der Waals surface area (Å²) in [6.07, 6.45) is 3.43. The van der Waals surface area contributed by atoms with Gasteiger partial charge in [0.2, 0.25) is 0 Å². The van der Waals surface area contributed by atoms with Crippen LogP contribution in [0.4, 0.5) is 4.39 Å². The van der Waals surface area contributed by atoms with Crippen LogP contribution in [-0.4, -0.2) is 43.1 Å². The van der Waals surface area contributed by atoms with Crippen molar-refractivity contribution in [2.45, 2.75) is 38.5 Å². The lowest BCUT2D eigenvalue weighted by atomic mass is 9.96. The minimum absolute atomic E-state index is 0.00917. The fraction of sp³-hybridized carbons (Fsp3) is 0.409. The summed E-state index contributed by atoms with van der Waals surface area (Å²) in [5.74, 6) is 5.50. The van der Waals surface area contributed by atoms with Crippen LogP contribution < -0.4 is 11.2 Å². The standard InChI is InChI=1S/C22H22ClFN4O4/c1-26-20-19(21(30)27(9-10-29)22(26)31)28(13-14-7-8-16(23)17(24)12-14)18(25-20)6-3-11-32-15-4-2-5-15/h7-8,12,15,29H,2,4-5,9-11,13H2,1H3. The average Bonchev–Trinajstić information content (AvgIpc) is 3.09. The number of imidazole rings is 1. The van der Waals surface area contributed by atoms with E-state index in [0.29, 0.717) is 5.56 Å². The molecule has 1 aliphatic rings. The van der Waals surface area contributed by atoms with Gasteiger partial charge in [-0.25, -0.2) is 14.2 Å². The largest absolute Gasteiger partial charge is 0.395 e. The lowest BCUT2D eigenvalue weighted by Gasteiger charge is -2.24. The van der Waals surface area contributed by atoms with Crippen LogP contribution in [0.3, 0.4) is 0 Å². The molecule has 0 spiro atoms. The highest BCUT2D eigenvalue weighted by atomic mass is 35.5. The monoisotopic (exact) mass is 460 g/mol. The lowest BCUT2D eigenvalue weighted by Crippen LogP contribution is -2.40. The summed E-state index contributed by atoms with van der Waals surface area (Å²) in [5.41, 5.74) is -0.348. The topological polar surface area (TPSA) is 91.3 Å². The number of aryl methyl sites for hydroxylation is 1. The highest BCUT2D eigenvalue weighted by Crippen LogP contribution is 2.21. The number of aliphatic hydroxyl groups excluding tert-OH is 1. The van der Waals surface area contributed by atoms with Crippen molar-refractivity contribution in [3.8, 4) is 11.8 Å². The molecule has 3 aromatic rings. The first-order chi connectivity index (χ1) is 15.4. The zero-order valence-corrected chi connectivity index (χ0v) is 18.2. The molecule has 2 heterocycles. The molecule has 0 amide bonds. The van der Waals surface area contributed by atoms with E-state index in [4.69, 9.17) is 16.3 Å². The summed E-state index contributed by atoms with van der Waals surface area (Å²) in [6, 6.07) is 4.35. The Morgan fingerprint density at radius 1 is 1.31 bits per heavy atom. The first-order valence-electron chi connectivity index (χ1n) is 10.3. The number of rotatable bonds is 6. The Balaban J connectivity index is 1.83. The van der Waals surface area contributed by atoms with Gasteiger partial charge in [-0.05, 0) is 42.9 Å². The number of benzene rings is 1. The number of aliphatic hydroxyl groups is 1. The summed E-state index contributed by atoms with van der Waals surface area (Å²) in [7, 11) is 1.49. The van der Waals surface area contributed by atoms with Gasteiger partial charge in [-0.1, -0.05) is 23.6 Å². The molecule has 2 aromatic heterocycles. The number of ether oxygens (including phenoxy) is 1. The summed E-state index contributed by atoms with van der Waals surface area (Å²) < 4.78 is 23.4. The number of hydrogen-bond acceptors (Lipinski definition) is 5. The van der Waals surface area contributed by atoms with Crippen LogP contribution in [0.5, 0.6) is 0 Å². The highest BCUT2D eigenvalue weighted by molar-refractivity contribution is 6.30. The third kappa shape index (κ3) is 4.21. The maximum absolute atomic E-state index is 14.0.